The molecule has 3 aromatic rings. The summed E-state index contributed by atoms with van der Waals surface area (Å²) in [5, 5.41) is 3.15. The van der Waals surface area contributed by atoms with E-state index in [1.165, 1.54) is 23.8 Å². The number of benzene rings is 3. The maximum Gasteiger partial charge on any atom is 0.282 e. The Kier molecular flexibility index (Phi) is 6.56. The van der Waals surface area contributed by atoms with Gasteiger partial charge in [0.05, 0.1) is 16.3 Å². The number of carbonyl (C=O) groups is 1. The zero-order valence-electron chi connectivity index (χ0n) is 18.7. The van der Waals surface area contributed by atoms with Crippen LogP contribution in [0.1, 0.15) is 46.8 Å². The van der Waals surface area contributed by atoms with Crippen LogP contribution in [0.4, 0.5) is 5.69 Å². The summed E-state index contributed by atoms with van der Waals surface area (Å²) in [5.74, 6) is -0.202. The van der Waals surface area contributed by atoms with Crippen LogP contribution in [0.5, 0.6) is 0 Å². The number of carbonyl (C=O) groups excluding carboxylic acids is 1. The van der Waals surface area contributed by atoms with Gasteiger partial charge in [0, 0.05) is 16.8 Å². The number of ketones is 1. The van der Waals surface area contributed by atoms with E-state index in [0.717, 1.165) is 30.5 Å². The van der Waals surface area contributed by atoms with Gasteiger partial charge in [-0.3, -0.25) is 4.79 Å². The summed E-state index contributed by atoms with van der Waals surface area (Å²) in [6.07, 6.45) is 4.79. The van der Waals surface area contributed by atoms with Crippen LogP contribution in [0.15, 0.2) is 93.9 Å². The minimum atomic E-state index is -3.94. The van der Waals surface area contributed by atoms with E-state index < -0.39 is 10.0 Å². The molecule has 5 nitrogen and oxygen atoms in total. The molecule has 0 saturated carbocycles. The summed E-state index contributed by atoms with van der Waals surface area (Å²) < 4.78 is 30.0. The normalized spacial score (nSPS) is 14.7. The molecule has 1 aliphatic carbocycles. The minimum absolute atomic E-state index is 0.112. The molecule has 0 unspecified atom stereocenters. The fourth-order valence-electron chi connectivity index (χ4n) is 3.68. The minimum Gasteiger partial charge on any atom is -0.352 e. The first-order chi connectivity index (χ1) is 15.9. The molecule has 6 heteroatoms. The van der Waals surface area contributed by atoms with Crippen LogP contribution in [0, 0.1) is 6.92 Å². The molecule has 0 bridgehead atoms. The average Bonchev–Trinajstić information content (AvgIpc) is 2.82. The lowest BCUT2D eigenvalue weighted by molar-refractivity contribution is 0.103. The predicted octanol–water partition coefficient (Wildman–Crippen LogP) is 5.71. The zero-order chi connectivity index (χ0) is 23.4. The van der Waals surface area contributed by atoms with E-state index in [-0.39, 0.29) is 22.1 Å². The molecule has 0 saturated heterocycles. The summed E-state index contributed by atoms with van der Waals surface area (Å²) in [4.78, 5) is 13.2. The second-order valence-corrected chi connectivity index (χ2v) is 9.73. The van der Waals surface area contributed by atoms with Gasteiger partial charge >= 0.3 is 0 Å². The number of unbranched alkanes of at least 4 members (excludes halogenated alkanes) is 1. The maximum absolute atomic E-state index is 13.1. The second kappa shape index (κ2) is 9.55. The van der Waals surface area contributed by atoms with Gasteiger partial charge in [-0.15, -0.1) is 0 Å². The van der Waals surface area contributed by atoms with Crippen molar-refractivity contribution in [2.24, 2.45) is 4.40 Å². The first-order valence-electron chi connectivity index (χ1n) is 11.0. The summed E-state index contributed by atoms with van der Waals surface area (Å²) in [5.41, 5.74) is 4.39. The highest BCUT2D eigenvalue weighted by Crippen LogP contribution is 2.25. The van der Waals surface area contributed by atoms with Crippen molar-refractivity contribution >= 4 is 27.2 Å². The number of anilines is 1. The molecule has 3 aromatic carbocycles. The number of rotatable bonds is 7. The number of nitrogens with one attached hydrogen (secondary N) is 1. The van der Waals surface area contributed by atoms with E-state index in [1.807, 2.05) is 31.2 Å². The van der Waals surface area contributed by atoms with E-state index >= 15 is 0 Å². The molecular formula is C27H26N2O3S. The number of sulfonamides is 1. The van der Waals surface area contributed by atoms with Gasteiger partial charge in [-0.05, 0) is 55.7 Å². The molecule has 0 atom stereocenters. The number of hydrogen-bond acceptors (Lipinski definition) is 4. The fourth-order valence-corrected chi connectivity index (χ4v) is 4.68. The van der Waals surface area contributed by atoms with Crippen LogP contribution in [0.2, 0.25) is 0 Å². The molecule has 4 rings (SSSR count). The third-order valence-corrected chi connectivity index (χ3v) is 6.87. The van der Waals surface area contributed by atoms with E-state index in [0.29, 0.717) is 11.1 Å². The van der Waals surface area contributed by atoms with Gasteiger partial charge in [-0.25, -0.2) is 0 Å². The molecule has 0 amide bonds. The Labute approximate surface area is 195 Å². The molecule has 0 aromatic heterocycles. The average molecular weight is 459 g/mol. The van der Waals surface area contributed by atoms with Gasteiger partial charge in [-0.1, -0.05) is 67.4 Å². The third kappa shape index (κ3) is 5.12. The molecule has 0 heterocycles. The molecule has 33 heavy (non-hydrogen) atoms. The summed E-state index contributed by atoms with van der Waals surface area (Å²) in [6.45, 7) is 4.05. The van der Waals surface area contributed by atoms with E-state index in [2.05, 4.69) is 16.6 Å². The first-order valence-corrected chi connectivity index (χ1v) is 12.4. The lowest BCUT2D eigenvalue weighted by Gasteiger charge is -2.19. The highest BCUT2D eigenvalue weighted by Gasteiger charge is 2.26. The number of Topliss-reactive ketones (excluding diaryl/α,β-unsaturated/α-hetero) is 1. The van der Waals surface area contributed by atoms with Crippen molar-refractivity contribution in [2.45, 2.75) is 38.0 Å². The van der Waals surface area contributed by atoms with Crippen molar-refractivity contribution in [1.82, 2.24) is 0 Å². The quantitative estimate of drug-likeness (QED) is 0.492. The SMILES string of the molecule is CCCCc1ccc(NC2=C/C(=N/S(=O)(=O)c3ccc(C)cc3)c3ccccc3C2=O)cc1. The molecular weight excluding hydrogens is 432 g/mol. The number of fused-ring (bicyclic) bond motifs is 1. The van der Waals surface area contributed by atoms with Crippen LogP contribution < -0.4 is 5.32 Å². The number of aryl methyl sites for hydroxylation is 2. The molecule has 0 fully saturated rings. The molecule has 1 N–H and O–H groups in total. The zero-order valence-corrected chi connectivity index (χ0v) is 19.5. The van der Waals surface area contributed by atoms with Gasteiger partial charge < -0.3 is 5.32 Å². The van der Waals surface area contributed by atoms with Crippen molar-refractivity contribution in [2.75, 3.05) is 5.32 Å². The molecule has 0 radical (unpaired) electrons. The highest BCUT2D eigenvalue weighted by molar-refractivity contribution is 7.90. The Morgan fingerprint density at radius 3 is 2.21 bits per heavy atom. The van der Waals surface area contributed by atoms with Crippen LogP contribution in [-0.4, -0.2) is 19.9 Å². The lowest BCUT2D eigenvalue weighted by Crippen LogP contribution is -2.22. The lowest BCUT2D eigenvalue weighted by atomic mass is 9.92. The van der Waals surface area contributed by atoms with Crippen molar-refractivity contribution in [3.8, 4) is 0 Å². The van der Waals surface area contributed by atoms with Gasteiger partial charge in [-0.2, -0.15) is 12.8 Å². The van der Waals surface area contributed by atoms with Crippen molar-refractivity contribution < 1.29 is 13.2 Å². The smallest absolute Gasteiger partial charge is 0.282 e. The van der Waals surface area contributed by atoms with E-state index in [1.54, 1.807) is 36.4 Å². The van der Waals surface area contributed by atoms with Crippen molar-refractivity contribution in [3.63, 3.8) is 0 Å². The van der Waals surface area contributed by atoms with Gasteiger partial charge in [0.1, 0.15) is 0 Å². The monoisotopic (exact) mass is 458 g/mol. The van der Waals surface area contributed by atoms with Crippen LogP contribution >= 0.6 is 0 Å². The molecule has 1 aliphatic rings. The number of hydrogen-bond donors (Lipinski definition) is 1. The third-order valence-electron chi connectivity index (χ3n) is 5.56. The predicted molar refractivity (Wildman–Crippen MR) is 132 cm³/mol. The Morgan fingerprint density at radius 2 is 1.55 bits per heavy atom. The summed E-state index contributed by atoms with van der Waals surface area (Å²) in [7, 11) is -3.94. The number of allylic oxidation sites excluding steroid dienone is 2. The Balaban J connectivity index is 1.70. The van der Waals surface area contributed by atoms with Crippen molar-refractivity contribution in [3.05, 3.63) is 107 Å². The largest absolute Gasteiger partial charge is 0.352 e. The molecule has 0 aliphatic heterocycles. The summed E-state index contributed by atoms with van der Waals surface area (Å²) >= 11 is 0. The fraction of sp³-hybridized carbons (Fsp3) is 0.185. The molecule has 0 spiro atoms. The van der Waals surface area contributed by atoms with Crippen LogP contribution in [-0.2, 0) is 16.4 Å². The Morgan fingerprint density at radius 1 is 0.879 bits per heavy atom. The van der Waals surface area contributed by atoms with Gasteiger partial charge in [0.15, 0.2) is 0 Å². The van der Waals surface area contributed by atoms with Gasteiger partial charge in [0.25, 0.3) is 10.0 Å². The maximum atomic E-state index is 13.1. The van der Waals surface area contributed by atoms with Crippen molar-refractivity contribution in [1.29, 1.82) is 0 Å². The van der Waals surface area contributed by atoms with E-state index in [4.69, 9.17) is 0 Å². The first kappa shape index (κ1) is 22.7. The Bertz CT molecular complexity index is 1340. The molecule has 168 valence electrons. The Hall–Kier alpha value is -3.51. The topological polar surface area (TPSA) is 75.6 Å². The van der Waals surface area contributed by atoms with Gasteiger partial charge in [0.2, 0.25) is 5.78 Å². The van der Waals surface area contributed by atoms with E-state index in [9.17, 15) is 13.2 Å². The second-order valence-electron chi connectivity index (χ2n) is 8.12. The van der Waals surface area contributed by atoms with Crippen LogP contribution in [0.25, 0.3) is 0 Å². The summed E-state index contributed by atoms with van der Waals surface area (Å²) in [6, 6.07) is 21.4. The highest BCUT2D eigenvalue weighted by atomic mass is 32.2. The number of nitrogens with zero attached hydrogens (tertiary/aromatic N) is 1. The standard InChI is InChI=1S/C27H26N2O3S/c1-3-4-7-20-12-14-21(15-13-20)28-26-18-25(23-8-5-6-9-24(23)27(26)30)29-33(31,32)22-16-10-19(2)11-17-22/h5-6,8-18,28H,3-4,7H2,1-2H3/b29-25-. The van der Waals surface area contributed by atoms with Crippen LogP contribution in [0.3, 0.4) is 0 Å².